The highest BCUT2D eigenvalue weighted by atomic mass is 16.5. The predicted octanol–water partition coefficient (Wildman–Crippen LogP) is 3.92. The number of pyridine rings is 1. The van der Waals surface area contributed by atoms with E-state index in [2.05, 4.69) is 27.7 Å². The van der Waals surface area contributed by atoms with Gasteiger partial charge >= 0.3 is 12.0 Å². The van der Waals surface area contributed by atoms with Crippen LogP contribution in [0.3, 0.4) is 0 Å². The summed E-state index contributed by atoms with van der Waals surface area (Å²) in [7, 11) is 0. The molecule has 208 valence electrons. The van der Waals surface area contributed by atoms with Crippen molar-refractivity contribution in [3.63, 3.8) is 0 Å². The molecule has 0 bridgehead atoms. The van der Waals surface area contributed by atoms with Gasteiger partial charge in [0.25, 0.3) is 0 Å². The lowest BCUT2D eigenvalue weighted by Crippen LogP contribution is -2.53. The number of urea groups is 1. The highest BCUT2D eigenvalue weighted by molar-refractivity contribution is 5.82. The van der Waals surface area contributed by atoms with E-state index in [1.165, 1.54) is 5.56 Å². The lowest BCUT2D eigenvalue weighted by molar-refractivity contribution is -0.139. The van der Waals surface area contributed by atoms with E-state index in [1.807, 2.05) is 27.7 Å². The topological polar surface area (TPSA) is 107 Å². The maximum atomic E-state index is 12.8. The summed E-state index contributed by atoms with van der Waals surface area (Å²) in [6.45, 7) is 11.6. The van der Waals surface area contributed by atoms with Crippen molar-refractivity contribution >= 4 is 17.8 Å². The van der Waals surface area contributed by atoms with E-state index in [0.29, 0.717) is 25.7 Å². The van der Waals surface area contributed by atoms with Gasteiger partial charge < -0.3 is 30.3 Å². The number of aryl methyl sites for hydroxylation is 2. The van der Waals surface area contributed by atoms with Crippen molar-refractivity contribution in [2.24, 2.45) is 0 Å². The maximum absolute atomic E-state index is 12.8. The number of carbonyl (C=O) groups is 2. The van der Waals surface area contributed by atoms with Crippen LogP contribution in [0.1, 0.15) is 77.5 Å². The van der Waals surface area contributed by atoms with Crippen molar-refractivity contribution in [3.8, 4) is 0 Å². The Morgan fingerprint density at radius 3 is 2.57 bits per heavy atom. The molecule has 1 aromatic rings. The minimum absolute atomic E-state index is 0.00842. The minimum Gasteiger partial charge on any atom is -0.480 e. The SMILES string of the molecule is CC(C)N(C(=O)NC(CCN(CCCCc1ccc2c(n1)NCCC2)CCOC1CC1)C(=O)O)C(C)C. The Hall–Kier alpha value is -2.39. The van der Waals surface area contributed by atoms with Gasteiger partial charge in [0.1, 0.15) is 11.9 Å². The van der Waals surface area contributed by atoms with Crippen LogP contribution in [0.5, 0.6) is 0 Å². The average Bonchev–Trinajstić information content (AvgIpc) is 3.67. The molecule has 0 spiro atoms. The van der Waals surface area contributed by atoms with Gasteiger partial charge in [-0.05, 0) is 97.2 Å². The number of hydrogen-bond acceptors (Lipinski definition) is 6. The molecular weight excluding hydrogens is 470 g/mol. The Morgan fingerprint density at radius 2 is 1.89 bits per heavy atom. The Bertz CT molecular complexity index is 866. The Labute approximate surface area is 222 Å². The van der Waals surface area contributed by atoms with Crippen LogP contribution in [0.15, 0.2) is 12.1 Å². The third kappa shape index (κ3) is 9.78. The smallest absolute Gasteiger partial charge is 0.326 e. The van der Waals surface area contributed by atoms with Crippen molar-refractivity contribution < 1.29 is 19.4 Å². The molecule has 1 atom stereocenters. The first-order valence-electron chi connectivity index (χ1n) is 14.1. The zero-order chi connectivity index (χ0) is 26.8. The van der Waals surface area contributed by atoms with Crippen LogP contribution in [0, 0.1) is 0 Å². The molecule has 1 unspecified atom stereocenters. The molecule has 37 heavy (non-hydrogen) atoms. The zero-order valence-corrected chi connectivity index (χ0v) is 23.2. The first kappa shape index (κ1) is 29.2. The number of fused-ring (bicyclic) bond motifs is 1. The van der Waals surface area contributed by atoms with Gasteiger partial charge in [-0.1, -0.05) is 6.07 Å². The first-order valence-corrected chi connectivity index (χ1v) is 14.1. The lowest BCUT2D eigenvalue weighted by atomic mass is 10.1. The van der Waals surface area contributed by atoms with Crippen molar-refractivity contribution in [2.75, 3.05) is 38.1 Å². The van der Waals surface area contributed by atoms with Gasteiger partial charge in [-0.2, -0.15) is 0 Å². The summed E-state index contributed by atoms with van der Waals surface area (Å²) in [4.78, 5) is 33.5. The molecule has 2 amide bonds. The number of aromatic nitrogens is 1. The third-order valence-corrected chi connectivity index (χ3v) is 7.07. The van der Waals surface area contributed by atoms with Gasteiger partial charge in [0.05, 0.1) is 12.7 Å². The number of hydrogen-bond donors (Lipinski definition) is 3. The molecule has 3 rings (SSSR count). The molecule has 1 fully saturated rings. The van der Waals surface area contributed by atoms with Crippen molar-refractivity contribution in [1.82, 2.24) is 20.1 Å². The van der Waals surface area contributed by atoms with Crippen LogP contribution in [-0.2, 0) is 22.4 Å². The van der Waals surface area contributed by atoms with E-state index < -0.39 is 12.0 Å². The fourth-order valence-electron chi connectivity index (χ4n) is 4.93. The molecular formula is C28H47N5O4. The number of rotatable bonds is 16. The van der Waals surface area contributed by atoms with Gasteiger partial charge in [-0.25, -0.2) is 14.6 Å². The fourth-order valence-corrected chi connectivity index (χ4v) is 4.93. The molecule has 9 heteroatoms. The second-order valence-electron chi connectivity index (χ2n) is 10.9. The number of carboxylic acids is 1. The Kier molecular flexibility index (Phi) is 11.4. The van der Waals surface area contributed by atoms with Crippen molar-refractivity contribution in [1.29, 1.82) is 0 Å². The van der Waals surface area contributed by atoms with Crippen molar-refractivity contribution in [3.05, 3.63) is 23.4 Å². The summed E-state index contributed by atoms with van der Waals surface area (Å²) in [6, 6.07) is 3.08. The summed E-state index contributed by atoms with van der Waals surface area (Å²) in [5.74, 6) is 0.0416. The van der Waals surface area contributed by atoms with Crippen LogP contribution in [0.2, 0.25) is 0 Å². The van der Waals surface area contributed by atoms with Gasteiger partial charge in [0.15, 0.2) is 0 Å². The van der Waals surface area contributed by atoms with E-state index >= 15 is 0 Å². The van der Waals surface area contributed by atoms with E-state index in [0.717, 1.165) is 76.1 Å². The summed E-state index contributed by atoms with van der Waals surface area (Å²) in [5, 5.41) is 15.9. The summed E-state index contributed by atoms with van der Waals surface area (Å²) in [6.07, 6.45) is 8.22. The van der Waals surface area contributed by atoms with Gasteiger partial charge in [0, 0.05) is 37.4 Å². The van der Waals surface area contributed by atoms with E-state index in [9.17, 15) is 14.7 Å². The monoisotopic (exact) mass is 517 g/mol. The van der Waals surface area contributed by atoms with Gasteiger partial charge in [0.2, 0.25) is 0 Å². The normalized spacial score (nSPS) is 16.0. The number of ether oxygens (including phenoxy) is 1. The summed E-state index contributed by atoms with van der Waals surface area (Å²) >= 11 is 0. The number of unbranched alkanes of at least 4 members (excludes halogenated alkanes) is 1. The standard InChI is InChI=1S/C28H47N5O4/c1-20(2)33(21(3)4)28(36)31-25(27(34)35)14-17-32(18-19-37-24-12-13-24)16-6-5-9-23-11-10-22-8-7-15-29-26(22)30-23/h10-11,20-21,24-25H,5-9,12-19H2,1-4H3,(H,29,30)(H,31,36)(H,34,35). The lowest BCUT2D eigenvalue weighted by Gasteiger charge is -2.32. The number of nitrogens with one attached hydrogen (secondary N) is 2. The third-order valence-electron chi connectivity index (χ3n) is 7.07. The number of anilines is 1. The molecule has 2 aliphatic rings. The molecule has 0 radical (unpaired) electrons. The maximum Gasteiger partial charge on any atom is 0.326 e. The second kappa shape index (κ2) is 14.5. The van der Waals surface area contributed by atoms with Crippen LogP contribution < -0.4 is 10.6 Å². The highest BCUT2D eigenvalue weighted by Crippen LogP contribution is 2.23. The zero-order valence-electron chi connectivity index (χ0n) is 23.2. The Morgan fingerprint density at radius 1 is 1.14 bits per heavy atom. The summed E-state index contributed by atoms with van der Waals surface area (Å²) < 4.78 is 5.86. The van der Waals surface area contributed by atoms with Crippen LogP contribution in [-0.4, -0.2) is 88.9 Å². The largest absolute Gasteiger partial charge is 0.480 e. The average molecular weight is 518 g/mol. The number of amides is 2. The summed E-state index contributed by atoms with van der Waals surface area (Å²) in [5.41, 5.74) is 2.42. The fraction of sp³-hybridized carbons (Fsp3) is 0.750. The molecule has 1 aliphatic heterocycles. The first-order chi connectivity index (χ1) is 17.7. The van der Waals surface area contributed by atoms with Crippen LogP contribution >= 0.6 is 0 Å². The highest BCUT2D eigenvalue weighted by Gasteiger charge is 2.27. The second-order valence-corrected chi connectivity index (χ2v) is 10.9. The molecule has 2 heterocycles. The molecule has 1 aliphatic carbocycles. The van der Waals surface area contributed by atoms with Crippen molar-refractivity contribution in [2.45, 2.75) is 103 Å². The predicted molar refractivity (Wildman–Crippen MR) is 146 cm³/mol. The van der Waals surface area contributed by atoms with Crippen LogP contribution in [0.4, 0.5) is 10.6 Å². The molecule has 3 N–H and O–H groups in total. The van der Waals surface area contributed by atoms with Gasteiger partial charge in [-0.15, -0.1) is 0 Å². The molecule has 0 saturated heterocycles. The van der Waals surface area contributed by atoms with E-state index in [4.69, 9.17) is 9.72 Å². The number of carbonyl (C=O) groups excluding carboxylic acids is 1. The van der Waals surface area contributed by atoms with Crippen LogP contribution in [0.25, 0.3) is 0 Å². The Balaban J connectivity index is 1.49. The number of nitrogens with zero attached hydrogens (tertiary/aromatic N) is 3. The molecule has 1 saturated carbocycles. The molecule has 9 nitrogen and oxygen atoms in total. The number of aliphatic carboxylic acids is 1. The quantitative estimate of drug-likeness (QED) is 0.285. The minimum atomic E-state index is -0.998. The number of carboxylic acid groups (broad SMARTS) is 1. The van der Waals surface area contributed by atoms with E-state index in [-0.39, 0.29) is 18.1 Å². The molecule has 0 aromatic carbocycles. The van der Waals surface area contributed by atoms with Gasteiger partial charge in [-0.3, -0.25) is 0 Å². The van der Waals surface area contributed by atoms with E-state index in [1.54, 1.807) is 4.90 Å². The molecule has 1 aromatic heterocycles.